The van der Waals surface area contributed by atoms with E-state index in [1.165, 1.54) is 6.07 Å². The lowest BCUT2D eigenvalue weighted by molar-refractivity contribution is -0.136. The monoisotopic (exact) mass is 1410 g/mol. The van der Waals surface area contributed by atoms with Crippen LogP contribution >= 0.6 is 0 Å². The van der Waals surface area contributed by atoms with Crippen LogP contribution in [-0.4, -0.2) is 165 Å². The van der Waals surface area contributed by atoms with Crippen LogP contribution < -0.4 is 24.3 Å². The molecule has 1 unspecified atom stereocenters. The summed E-state index contributed by atoms with van der Waals surface area (Å²) >= 11 is 0. The van der Waals surface area contributed by atoms with Crippen molar-refractivity contribution < 1.29 is 41.9 Å². The van der Waals surface area contributed by atoms with Crippen molar-refractivity contribution in [1.29, 1.82) is 5.26 Å². The molecule has 5 fully saturated rings. The Balaban J connectivity index is 0.810. The van der Waals surface area contributed by atoms with Crippen molar-refractivity contribution in [3.8, 4) is 40.6 Å². The van der Waals surface area contributed by atoms with E-state index in [0.717, 1.165) is 94.9 Å². The number of fused-ring (bicyclic) bond motifs is 3. The standard InChI is InChI=1S/C79H101F2N11O7Si2/c1-50(2)100(51(3)4,52(5)6)39-27-64-67(80)21-18-58-41-62(99-101(53(7)8,54(9)10)55(11)12)42-65(70(58)64)72-71(81)73-66(43-83-72)74(90-37-38-91(61(46-90)24-30-82)78(96)97-47-57-16-14-13-15-17-57)86-77(85-73)98-49-79(28-29-79)48-88-35-33-87(34-36-88)44-56-25-31-89(32-26-56)60-19-20-63-59(40-60)45-92(76(63)95)68-22-23-69(93)84-75(68)94/h13-21,40-43,50-56,61,68H,22-26,28-29,31-38,44-49H2,1-12H3,(H,84,93,94)/t61-,68?/m0/s1. The molecule has 1 saturated carbocycles. The molecule has 536 valence electrons. The molecule has 2 aromatic heterocycles. The second kappa shape index (κ2) is 30.1. The first-order valence-corrected chi connectivity index (χ1v) is 41.2. The number of amides is 4. The number of ether oxygens (including phenoxy) is 2. The maximum atomic E-state index is 18.8. The molecule has 6 aromatic rings. The molecule has 18 nitrogen and oxygen atoms in total. The normalized spacial score (nSPS) is 19.5. The van der Waals surface area contributed by atoms with Crippen LogP contribution in [0.15, 0.2) is 79.0 Å². The summed E-state index contributed by atoms with van der Waals surface area (Å²) in [7, 11) is -5.03. The molecule has 22 heteroatoms. The zero-order valence-electron chi connectivity index (χ0n) is 61.1. The van der Waals surface area contributed by atoms with Gasteiger partial charge in [0, 0.05) is 119 Å². The van der Waals surface area contributed by atoms with Crippen LogP contribution in [0, 0.1) is 45.8 Å². The van der Waals surface area contributed by atoms with E-state index in [0.29, 0.717) is 64.3 Å². The number of hydrogen-bond acceptors (Lipinski definition) is 15. The van der Waals surface area contributed by atoms with Crippen LogP contribution in [0.4, 0.5) is 25.1 Å². The molecule has 5 aliphatic heterocycles. The quantitative estimate of drug-likeness (QED) is 0.0383. The van der Waals surface area contributed by atoms with E-state index < -0.39 is 52.1 Å². The van der Waals surface area contributed by atoms with Gasteiger partial charge in [0.2, 0.25) is 11.8 Å². The number of anilines is 2. The first-order chi connectivity index (χ1) is 48.3. The van der Waals surface area contributed by atoms with Crippen molar-refractivity contribution in [3.63, 3.8) is 0 Å². The third-order valence-electron chi connectivity index (χ3n) is 23.3. The van der Waals surface area contributed by atoms with Crippen LogP contribution in [0.1, 0.15) is 155 Å². The molecule has 101 heavy (non-hydrogen) atoms. The van der Waals surface area contributed by atoms with Crippen molar-refractivity contribution in [2.24, 2.45) is 11.3 Å². The van der Waals surface area contributed by atoms with E-state index in [1.54, 1.807) is 22.1 Å². The zero-order chi connectivity index (χ0) is 71.8. The Kier molecular flexibility index (Phi) is 21.7. The molecule has 0 radical (unpaired) electrons. The van der Waals surface area contributed by atoms with Gasteiger partial charge in [-0.25, -0.2) is 13.6 Å². The van der Waals surface area contributed by atoms with Gasteiger partial charge >= 0.3 is 12.1 Å². The molecule has 0 bridgehead atoms. The lowest BCUT2D eigenvalue weighted by Gasteiger charge is -2.42. The van der Waals surface area contributed by atoms with Gasteiger partial charge in [0.05, 0.1) is 36.1 Å². The smallest absolute Gasteiger partial charge is 0.410 e. The van der Waals surface area contributed by atoms with Gasteiger partial charge in [0.1, 0.15) is 49.3 Å². The van der Waals surface area contributed by atoms with E-state index in [2.05, 4.69) is 127 Å². The number of halogens is 2. The minimum Gasteiger partial charge on any atom is -0.543 e. The Bertz CT molecular complexity index is 4150. The number of benzene rings is 4. The third-order valence-corrected chi connectivity index (χ3v) is 35.5. The maximum absolute atomic E-state index is 18.8. The number of imide groups is 1. The molecular formula is C79H101F2N11O7Si2. The predicted octanol–water partition coefficient (Wildman–Crippen LogP) is 14.4. The van der Waals surface area contributed by atoms with E-state index in [-0.39, 0.29) is 112 Å². The molecule has 2 atom stereocenters. The fraction of sp³-hybridized carbons (Fsp3) is 0.544. The Morgan fingerprint density at radius 1 is 0.762 bits per heavy atom. The van der Waals surface area contributed by atoms with Gasteiger partial charge in [0.15, 0.2) is 5.82 Å². The fourth-order valence-corrected chi connectivity index (χ4v) is 28.1. The molecule has 4 amide bonds. The van der Waals surface area contributed by atoms with Gasteiger partial charge in [-0.2, -0.15) is 15.2 Å². The number of nitrogens with one attached hydrogen (secondary N) is 1. The van der Waals surface area contributed by atoms with Crippen molar-refractivity contribution in [2.75, 3.05) is 88.4 Å². The van der Waals surface area contributed by atoms with Crippen LogP contribution in [0.2, 0.25) is 33.2 Å². The highest BCUT2D eigenvalue weighted by atomic mass is 28.4. The topological polar surface area (TPSA) is 190 Å². The van der Waals surface area contributed by atoms with Crippen LogP contribution in [-0.2, 0) is 27.5 Å². The van der Waals surface area contributed by atoms with E-state index in [4.69, 9.17) is 28.9 Å². The second-order valence-corrected chi connectivity index (χ2v) is 42.3. The largest absolute Gasteiger partial charge is 0.543 e. The summed E-state index contributed by atoms with van der Waals surface area (Å²) < 4.78 is 55.9. The van der Waals surface area contributed by atoms with Crippen LogP contribution in [0.3, 0.4) is 0 Å². The summed E-state index contributed by atoms with van der Waals surface area (Å²) in [5, 5.41) is 14.0. The molecule has 7 heterocycles. The molecule has 1 N–H and O–H groups in total. The lowest BCUT2D eigenvalue weighted by Crippen LogP contribution is -2.55. The Morgan fingerprint density at radius 2 is 1.46 bits per heavy atom. The average Bonchev–Trinajstić information content (AvgIpc) is 1.16. The highest BCUT2D eigenvalue weighted by Gasteiger charge is 2.49. The summed E-state index contributed by atoms with van der Waals surface area (Å²) in [6.07, 6.45) is 5.64. The minimum atomic E-state index is -2.62. The van der Waals surface area contributed by atoms with E-state index in [1.807, 2.05) is 59.5 Å². The number of nitriles is 1. The molecule has 12 rings (SSSR count). The first kappa shape index (κ1) is 72.8. The van der Waals surface area contributed by atoms with Gasteiger partial charge in [-0.3, -0.25) is 24.7 Å². The molecule has 0 spiro atoms. The number of piperidine rings is 2. The number of rotatable bonds is 22. The summed E-state index contributed by atoms with van der Waals surface area (Å²) in [5.74, 6) is 2.82. The van der Waals surface area contributed by atoms with E-state index in [9.17, 15) is 24.4 Å². The Labute approximate surface area is 597 Å². The molecule has 6 aliphatic rings. The fourth-order valence-electron chi connectivity index (χ4n) is 17.7. The minimum absolute atomic E-state index is 0.00611. The highest BCUT2D eigenvalue weighted by Crippen LogP contribution is 2.49. The van der Waals surface area contributed by atoms with Gasteiger partial charge < -0.3 is 43.3 Å². The number of carbonyl (C=O) groups is 4. The van der Waals surface area contributed by atoms with Crippen molar-refractivity contribution in [2.45, 2.75) is 187 Å². The summed E-state index contributed by atoms with van der Waals surface area (Å²) in [4.78, 5) is 79.6. The summed E-state index contributed by atoms with van der Waals surface area (Å²) in [6, 6.07) is 23.5. The van der Waals surface area contributed by atoms with Gasteiger partial charge in [-0.1, -0.05) is 125 Å². The molecule has 4 saturated heterocycles. The second-order valence-electron chi connectivity index (χ2n) is 31.3. The van der Waals surface area contributed by atoms with Crippen molar-refractivity contribution in [3.05, 3.63) is 113 Å². The summed E-state index contributed by atoms with van der Waals surface area (Å²) in [5.41, 5.74) is 8.99. The lowest BCUT2D eigenvalue weighted by atomic mass is 9.95. The number of pyridine rings is 1. The van der Waals surface area contributed by atoms with Crippen molar-refractivity contribution in [1.82, 2.24) is 39.9 Å². The maximum Gasteiger partial charge on any atom is 0.410 e. The SMILES string of the molecule is CC(C)[Si](C#Cc1c(F)ccc2cc(O[Si](C(C)C)(C(C)C)C(C)C)cc(-c3ncc4c(N5CCN(C(=O)OCc6ccccc6)[C@@H](CC#N)C5)nc(OCC5(CN6CCN(CC7CCN(c8ccc9c(c8)CN(C8CCC(=O)NC8=O)C9=O)CC7)CC6)CC5)nc4c3F)c12)(C(C)C)C(C)C. The number of carbonyl (C=O) groups excluding carboxylic acids is 4. The number of hydrogen-bond donors (Lipinski definition) is 1. The van der Waals surface area contributed by atoms with Gasteiger partial charge in [-0.05, 0) is 124 Å². The number of nitrogens with zero attached hydrogens (tertiary/aromatic N) is 10. The number of aromatic nitrogens is 3. The molecular weight excluding hydrogens is 1310 g/mol. The molecule has 1 aliphatic carbocycles. The summed E-state index contributed by atoms with van der Waals surface area (Å²) in [6.45, 7) is 35.5. The van der Waals surface area contributed by atoms with Gasteiger partial charge in [-0.15, -0.1) is 5.54 Å². The Hall–Kier alpha value is -8.03. The predicted molar refractivity (Wildman–Crippen MR) is 397 cm³/mol. The first-order valence-electron chi connectivity index (χ1n) is 36.9. The third kappa shape index (κ3) is 14.8. The van der Waals surface area contributed by atoms with Crippen LogP contribution in [0.5, 0.6) is 11.8 Å². The Morgan fingerprint density at radius 3 is 2.11 bits per heavy atom. The highest BCUT2D eigenvalue weighted by molar-refractivity contribution is 6.90. The number of piperazine rings is 2. The van der Waals surface area contributed by atoms with Gasteiger partial charge in [0.25, 0.3) is 14.2 Å². The van der Waals surface area contributed by atoms with Crippen LogP contribution in [0.25, 0.3) is 32.9 Å². The van der Waals surface area contributed by atoms with Crippen molar-refractivity contribution >= 4 is 73.4 Å². The average molecular weight is 1410 g/mol. The van der Waals surface area contributed by atoms with E-state index >= 15 is 8.78 Å². The zero-order valence-corrected chi connectivity index (χ0v) is 63.1. The molecule has 4 aromatic carbocycles.